The number of H-pyrrole nitrogens is 1. The quantitative estimate of drug-likeness (QED) is 0.813. The van der Waals surface area contributed by atoms with Gasteiger partial charge in [0.15, 0.2) is 5.82 Å². The van der Waals surface area contributed by atoms with E-state index in [1.54, 1.807) is 0 Å². The van der Waals surface area contributed by atoms with Crippen molar-refractivity contribution in [1.29, 1.82) is 0 Å². The lowest BCUT2D eigenvalue weighted by molar-refractivity contribution is 0.147. The molecule has 0 aromatic carbocycles. The highest BCUT2D eigenvalue weighted by atomic mass is 15.5. The lowest BCUT2D eigenvalue weighted by atomic mass is 9.91. The molecule has 2 N–H and O–H groups in total. The SMILES string of the molecule is CCCN1CCCC(C(C)NC(C)c2nn[nH]n2)C1. The Kier molecular flexibility index (Phi) is 5.27. The maximum absolute atomic E-state index is 4.04. The van der Waals surface area contributed by atoms with Gasteiger partial charge in [0.25, 0.3) is 0 Å². The number of aromatic nitrogens is 4. The highest BCUT2D eigenvalue weighted by molar-refractivity contribution is 4.89. The fourth-order valence-electron chi connectivity index (χ4n) is 2.98. The zero-order chi connectivity index (χ0) is 13.7. The molecule has 1 saturated heterocycles. The summed E-state index contributed by atoms with van der Waals surface area (Å²) in [5, 5.41) is 17.8. The van der Waals surface area contributed by atoms with Crippen LogP contribution in [0.1, 0.15) is 51.9 Å². The monoisotopic (exact) mass is 266 g/mol. The molecular weight excluding hydrogens is 240 g/mol. The minimum atomic E-state index is 0.148. The molecule has 1 aliphatic heterocycles. The van der Waals surface area contributed by atoms with Crippen LogP contribution in [0.15, 0.2) is 0 Å². The minimum absolute atomic E-state index is 0.148. The molecule has 1 fully saturated rings. The van der Waals surface area contributed by atoms with Crippen molar-refractivity contribution in [3.63, 3.8) is 0 Å². The summed E-state index contributed by atoms with van der Waals surface area (Å²) in [6.07, 6.45) is 3.87. The average molecular weight is 266 g/mol. The molecule has 6 nitrogen and oxygen atoms in total. The fourth-order valence-corrected chi connectivity index (χ4v) is 2.98. The van der Waals surface area contributed by atoms with Crippen molar-refractivity contribution in [2.75, 3.05) is 19.6 Å². The summed E-state index contributed by atoms with van der Waals surface area (Å²) >= 11 is 0. The predicted molar refractivity (Wildman–Crippen MR) is 74.6 cm³/mol. The van der Waals surface area contributed by atoms with Crippen LogP contribution in [0.4, 0.5) is 0 Å². The van der Waals surface area contributed by atoms with E-state index < -0.39 is 0 Å². The number of rotatable bonds is 6. The molecular formula is C13H26N6. The van der Waals surface area contributed by atoms with E-state index in [0.29, 0.717) is 6.04 Å². The van der Waals surface area contributed by atoms with Gasteiger partial charge in [0.2, 0.25) is 0 Å². The molecule has 0 spiro atoms. The first-order chi connectivity index (χ1) is 9.20. The van der Waals surface area contributed by atoms with E-state index in [2.05, 4.69) is 51.6 Å². The van der Waals surface area contributed by atoms with Crippen LogP contribution in [0.2, 0.25) is 0 Å². The maximum Gasteiger partial charge on any atom is 0.191 e. The van der Waals surface area contributed by atoms with Crippen molar-refractivity contribution in [1.82, 2.24) is 30.8 Å². The number of nitrogens with one attached hydrogen (secondary N) is 2. The molecule has 0 radical (unpaired) electrons. The van der Waals surface area contributed by atoms with E-state index in [1.807, 2.05) is 0 Å². The first-order valence-electron chi connectivity index (χ1n) is 7.42. The number of hydrogen-bond donors (Lipinski definition) is 2. The highest BCUT2D eigenvalue weighted by Crippen LogP contribution is 2.21. The first kappa shape index (κ1) is 14.4. The topological polar surface area (TPSA) is 69.7 Å². The Balaban J connectivity index is 1.83. The van der Waals surface area contributed by atoms with Gasteiger partial charge in [-0.25, -0.2) is 0 Å². The van der Waals surface area contributed by atoms with Gasteiger partial charge < -0.3 is 10.2 Å². The van der Waals surface area contributed by atoms with Gasteiger partial charge in [-0.2, -0.15) is 5.21 Å². The van der Waals surface area contributed by atoms with Crippen molar-refractivity contribution in [2.45, 2.75) is 52.1 Å². The van der Waals surface area contributed by atoms with Crippen LogP contribution in [-0.2, 0) is 0 Å². The summed E-state index contributed by atoms with van der Waals surface area (Å²) in [5.74, 6) is 1.46. The third-order valence-electron chi connectivity index (χ3n) is 4.05. The second kappa shape index (κ2) is 6.96. The molecule has 1 aliphatic rings. The largest absolute Gasteiger partial charge is 0.305 e. The second-order valence-electron chi connectivity index (χ2n) is 5.65. The van der Waals surface area contributed by atoms with E-state index in [4.69, 9.17) is 0 Å². The second-order valence-corrected chi connectivity index (χ2v) is 5.65. The summed E-state index contributed by atoms with van der Waals surface area (Å²) in [5.41, 5.74) is 0. The molecule has 2 rings (SSSR count). The van der Waals surface area contributed by atoms with E-state index in [1.165, 1.54) is 38.9 Å². The normalized spacial score (nSPS) is 24.3. The summed E-state index contributed by atoms with van der Waals surface area (Å²) in [7, 11) is 0. The van der Waals surface area contributed by atoms with Crippen LogP contribution in [0.3, 0.4) is 0 Å². The molecule has 19 heavy (non-hydrogen) atoms. The fraction of sp³-hybridized carbons (Fsp3) is 0.923. The molecule has 1 aromatic rings. The van der Waals surface area contributed by atoms with Crippen LogP contribution < -0.4 is 5.32 Å². The van der Waals surface area contributed by atoms with Crippen molar-refractivity contribution < 1.29 is 0 Å². The van der Waals surface area contributed by atoms with Crippen LogP contribution in [0, 0.1) is 5.92 Å². The van der Waals surface area contributed by atoms with Gasteiger partial charge in [0.05, 0.1) is 6.04 Å². The Morgan fingerprint density at radius 2 is 2.32 bits per heavy atom. The van der Waals surface area contributed by atoms with Crippen LogP contribution in [-0.4, -0.2) is 51.2 Å². The summed E-state index contributed by atoms with van der Waals surface area (Å²) in [4.78, 5) is 2.59. The van der Waals surface area contributed by atoms with E-state index in [-0.39, 0.29) is 6.04 Å². The van der Waals surface area contributed by atoms with Crippen molar-refractivity contribution in [2.24, 2.45) is 5.92 Å². The van der Waals surface area contributed by atoms with Crippen molar-refractivity contribution in [3.05, 3.63) is 5.82 Å². The molecule has 0 amide bonds. The molecule has 2 heterocycles. The summed E-state index contributed by atoms with van der Waals surface area (Å²) in [6, 6.07) is 0.628. The van der Waals surface area contributed by atoms with Gasteiger partial charge in [-0.05, 0) is 52.1 Å². The smallest absolute Gasteiger partial charge is 0.191 e. The number of piperidine rings is 1. The average Bonchev–Trinajstić information content (AvgIpc) is 2.93. The number of aromatic amines is 1. The lowest BCUT2D eigenvalue weighted by Crippen LogP contribution is -2.45. The van der Waals surface area contributed by atoms with E-state index in [0.717, 1.165) is 11.7 Å². The Morgan fingerprint density at radius 3 is 3.00 bits per heavy atom. The highest BCUT2D eigenvalue weighted by Gasteiger charge is 2.25. The minimum Gasteiger partial charge on any atom is -0.305 e. The van der Waals surface area contributed by atoms with Gasteiger partial charge in [-0.15, -0.1) is 10.2 Å². The number of hydrogen-bond acceptors (Lipinski definition) is 5. The lowest BCUT2D eigenvalue weighted by Gasteiger charge is -2.36. The van der Waals surface area contributed by atoms with Gasteiger partial charge in [-0.1, -0.05) is 12.1 Å². The molecule has 3 unspecified atom stereocenters. The van der Waals surface area contributed by atoms with Crippen LogP contribution in [0.5, 0.6) is 0 Å². The predicted octanol–water partition coefficient (Wildman–Crippen LogP) is 1.36. The Hall–Kier alpha value is -1.01. The van der Waals surface area contributed by atoms with Crippen LogP contribution in [0.25, 0.3) is 0 Å². The third-order valence-corrected chi connectivity index (χ3v) is 4.05. The van der Waals surface area contributed by atoms with Gasteiger partial charge in [0, 0.05) is 12.6 Å². The van der Waals surface area contributed by atoms with E-state index in [9.17, 15) is 0 Å². The summed E-state index contributed by atoms with van der Waals surface area (Å²) < 4.78 is 0. The molecule has 0 aliphatic carbocycles. The Morgan fingerprint density at radius 1 is 1.47 bits per heavy atom. The van der Waals surface area contributed by atoms with Crippen LogP contribution >= 0.6 is 0 Å². The molecule has 1 aromatic heterocycles. The van der Waals surface area contributed by atoms with Crippen molar-refractivity contribution >= 4 is 0 Å². The molecule has 3 atom stereocenters. The number of nitrogens with zero attached hydrogens (tertiary/aromatic N) is 4. The molecule has 108 valence electrons. The standard InChI is InChI=1S/C13H26N6/c1-4-7-19-8-5-6-12(9-19)10(2)14-11(3)13-15-17-18-16-13/h10-12,14H,4-9H2,1-3H3,(H,15,16,17,18). The number of tetrazole rings is 1. The first-order valence-corrected chi connectivity index (χ1v) is 7.42. The van der Waals surface area contributed by atoms with Gasteiger partial charge in [0.1, 0.15) is 0 Å². The molecule has 0 bridgehead atoms. The maximum atomic E-state index is 4.04. The Bertz CT molecular complexity index is 350. The zero-order valence-electron chi connectivity index (χ0n) is 12.3. The molecule has 0 saturated carbocycles. The van der Waals surface area contributed by atoms with Crippen molar-refractivity contribution in [3.8, 4) is 0 Å². The van der Waals surface area contributed by atoms with Gasteiger partial charge >= 0.3 is 0 Å². The third kappa shape index (κ3) is 3.98. The number of likely N-dealkylation sites (tertiary alicyclic amines) is 1. The Labute approximate surface area is 115 Å². The van der Waals surface area contributed by atoms with Gasteiger partial charge in [-0.3, -0.25) is 0 Å². The molecule has 6 heteroatoms. The zero-order valence-corrected chi connectivity index (χ0v) is 12.3. The summed E-state index contributed by atoms with van der Waals surface area (Å²) in [6.45, 7) is 10.3. The van der Waals surface area contributed by atoms with E-state index >= 15 is 0 Å².